The highest BCUT2D eigenvalue weighted by molar-refractivity contribution is 7.92. The van der Waals surface area contributed by atoms with Crippen LogP contribution in [0.1, 0.15) is 26.2 Å². The van der Waals surface area contributed by atoms with E-state index in [-0.39, 0.29) is 26.4 Å². The van der Waals surface area contributed by atoms with Crippen LogP contribution in [0.5, 0.6) is 23.0 Å². The van der Waals surface area contributed by atoms with Crippen molar-refractivity contribution in [3.63, 3.8) is 0 Å². The number of fused-ring (bicyclic) bond motifs is 1. The zero-order chi connectivity index (χ0) is 30.6. The van der Waals surface area contributed by atoms with E-state index in [1.165, 1.54) is 43.2 Å². The lowest BCUT2D eigenvalue weighted by Crippen LogP contribution is -2.35. The van der Waals surface area contributed by atoms with E-state index in [9.17, 15) is 8.42 Å². The van der Waals surface area contributed by atoms with Crippen molar-refractivity contribution < 1.29 is 27.0 Å². The van der Waals surface area contributed by atoms with Crippen molar-refractivity contribution in [1.29, 1.82) is 0 Å². The molecule has 1 N–H and O–H groups in total. The fourth-order valence-electron chi connectivity index (χ4n) is 5.11. The Morgan fingerprint density at radius 1 is 1.05 bits per heavy atom. The molecular formula is C31H32Cl2FN3O5S. The summed E-state index contributed by atoms with van der Waals surface area (Å²) >= 11 is 12.0. The monoisotopic (exact) mass is 647 g/mol. The molecule has 5 rings (SSSR count). The van der Waals surface area contributed by atoms with Gasteiger partial charge in [-0.3, -0.25) is 9.71 Å². The number of sulfonamides is 1. The van der Waals surface area contributed by atoms with Crippen LogP contribution in [-0.4, -0.2) is 51.7 Å². The Morgan fingerprint density at radius 3 is 2.65 bits per heavy atom. The van der Waals surface area contributed by atoms with Crippen LogP contribution >= 0.6 is 23.2 Å². The SMILES string of the molecule is COc1cc2c(Oc3ccc(NS(=O)(=O)c4cc(Cl)ccc4Cl)cc3F)ccnc2cc1OCCCN1CCCC(C)C1. The summed E-state index contributed by atoms with van der Waals surface area (Å²) in [5.74, 6) is 1.25. The number of hydrogen-bond donors (Lipinski definition) is 1. The van der Waals surface area contributed by atoms with Gasteiger partial charge >= 0.3 is 0 Å². The second-order valence-corrected chi connectivity index (χ2v) is 13.0. The van der Waals surface area contributed by atoms with Crippen molar-refractivity contribution in [3.05, 3.63) is 76.7 Å². The largest absolute Gasteiger partial charge is 0.493 e. The molecule has 228 valence electrons. The Morgan fingerprint density at radius 2 is 1.88 bits per heavy atom. The molecule has 2 heterocycles. The number of methoxy groups -OCH3 is 1. The Hall–Kier alpha value is -3.31. The minimum absolute atomic E-state index is 0.0151. The predicted molar refractivity (Wildman–Crippen MR) is 167 cm³/mol. The van der Waals surface area contributed by atoms with E-state index in [0.29, 0.717) is 34.8 Å². The molecule has 3 aromatic carbocycles. The molecule has 1 unspecified atom stereocenters. The van der Waals surface area contributed by atoms with Crippen LogP contribution in [0.25, 0.3) is 10.9 Å². The van der Waals surface area contributed by atoms with Crippen molar-refractivity contribution in [1.82, 2.24) is 9.88 Å². The van der Waals surface area contributed by atoms with Gasteiger partial charge in [-0.2, -0.15) is 0 Å². The molecule has 0 radical (unpaired) electrons. The number of piperidine rings is 1. The quantitative estimate of drug-likeness (QED) is 0.166. The summed E-state index contributed by atoms with van der Waals surface area (Å²) in [4.78, 5) is 6.69. The number of nitrogens with one attached hydrogen (secondary N) is 1. The number of aromatic nitrogens is 1. The molecule has 1 aliphatic rings. The molecule has 8 nitrogen and oxygen atoms in total. The normalized spacial score (nSPS) is 15.8. The highest BCUT2D eigenvalue weighted by Crippen LogP contribution is 2.38. The fourth-order valence-corrected chi connectivity index (χ4v) is 6.92. The number of pyridine rings is 1. The fraction of sp³-hybridized carbons (Fsp3) is 0.323. The second kappa shape index (κ2) is 13.5. The minimum atomic E-state index is -4.12. The van der Waals surface area contributed by atoms with Crippen LogP contribution in [0, 0.1) is 11.7 Å². The number of anilines is 1. The third-order valence-corrected chi connectivity index (χ3v) is 9.29. The highest BCUT2D eigenvalue weighted by atomic mass is 35.5. The first-order valence-electron chi connectivity index (χ1n) is 13.9. The molecule has 1 aromatic heterocycles. The van der Waals surface area contributed by atoms with E-state index in [2.05, 4.69) is 21.5 Å². The number of halogens is 3. The molecule has 12 heteroatoms. The third kappa shape index (κ3) is 7.62. The van der Waals surface area contributed by atoms with E-state index in [1.807, 2.05) is 0 Å². The molecule has 1 aliphatic heterocycles. The summed E-state index contributed by atoms with van der Waals surface area (Å²) in [6, 6.07) is 12.9. The van der Waals surface area contributed by atoms with Crippen LogP contribution in [0.3, 0.4) is 0 Å². The standard InChI is InChI=1S/C31H32Cl2FN3O5S/c1-20-5-3-12-37(19-20)13-4-14-41-30-18-26-23(17-29(30)40-2)27(10-11-35-26)42-28-9-7-22(16-25(28)34)36-43(38,39)31-15-21(32)6-8-24(31)33/h6-11,15-18,20,36H,3-5,12-14,19H2,1-2H3. The van der Waals surface area contributed by atoms with E-state index in [0.717, 1.165) is 38.0 Å². The average Bonchev–Trinajstić information content (AvgIpc) is 2.97. The molecule has 1 saturated heterocycles. The molecule has 1 fully saturated rings. The van der Waals surface area contributed by atoms with Gasteiger partial charge in [0.15, 0.2) is 23.1 Å². The van der Waals surface area contributed by atoms with Crippen LogP contribution in [0.15, 0.2) is 65.7 Å². The lowest BCUT2D eigenvalue weighted by atomic mass is 10.0. The average molecular weight is 649 g/mol. The molecule has 43 heavy (non-hydrogen) atoms. The Labute approximate surface area is 260 Å². The maximum atomic E-state index is 15.1. The van der Waals surface area contributed by atoms with E-state index in [4.69, 9.17) is 37.4 Å². The first-order chi connectivity index (χ1) is 20.6. The zero-order valence-corrected chi connectivity index (χ0v) is 26.1. The van der Waals surface area contributed by atoms with Crippen molar-refractivity contribution >= 4 is 49.8 Å². The Balaban J connectivity index is 1.29. The van der Waals surface area contributed by atoms with Gasteiger partial charge in [0.1, 0.15) is 10.6 Å². The van der Waals surface area contributed by atoms with Gasteiger partial charge in [-0.15, -0.1) is 0 Å². The number of nitrogens with zero attached hydrogens (tertiary/aromatic N) is 2. The molecule has 0 amide bonds. The topological polar surface area (TPSA) is 90.0 Å². The number of hydrogen-bond acceptors (Lipinski definition) is 7. The maximum Gasteiger partial charge on any atom is 0.263 e. The van der Waals surface area contributed by atoms with Gasteiger partial charge in [0, 0.05) is 41.8 Å². The summed E-state index contributed by atoms with van der Waals surface area (Å²) in [7, 11) is -2.57. The first-order valence-corrected chi connectivity index (χ1v) is 16.1. The van der Waals surface area contributed by atoms with E-state index >= 15 is 4.39 Å². The van der Waals surface area contributed by atoms with E-state index < -0.39 is 15.8 Å². The van der Waals surface area contributed by atoms with Gasteiger partial charge in [-0.25, -0.2) is 12.8 Å². The van der Waals surface area contributed by atoms with Crippen molar-refractivity contribution in [2.75, 3.05) is 38.1 Å². The molecule has 0 saturated carbocycles. The number of rotatable bonds is 11. The number of benzene rings is 3. The summed E-state index contributed by atoms with van der Waals surface area (Å²) in [6.45, 7) is 6.07. The van der Waals surface area contributed by atoms with Crippen LogP contribution in [-0.2, 0) is 10.0 Å². The van der Waals surface area contributed by atoms with Crippen LogP contribution in [0.4, 0.5) is 10.1 Å². The molecule has 0 aliphatic carbocycles. The number of likely N-dealkylation sites (tertiary alicyclic amines) is 1. The van der Waals surface area contributed by atoms with Gasteiger partial charge in [-0.1, -0.05) is 30.1 Å². The van der Waals surface area contributed by atoms with Crippen molar-refractivity contribution in [3.8, 4) is 23.0 Å². The van der Waals surface area contributed by atoms with Crippen LogP contribution in [0.2, 0.25) is 10.0 Å². The first kappa shape index (κ1) is 31.1. The molecule has 0 bridgehead atoms. The summed E-state index contributed by atoms with van der Waals surface area (Å²) in [5, 5.41) is 0.772. The van der Waals surface area contributed by atoms with Crippen molar-refractivity contribution in [2.24, 2.45) is 5.92 Å². The highest BCUT2D eigenvalue weighted by Gasteiger charge is 2.20. The van der Waals surface area contributed by atoms with Gasteiger partial charge in [-0.05, 0) is 74.2 Å². The van der Waals surface area contributed by atoms with Crippen molar-refractivity contribution in [2.45, 2.75) is 31.1 Å². The summed E-state index contributed by atoms with van der Waals surface area (Å²) < 4.78 is 60.6. The Bertz CT molecular complexity index is 1720. The van der Waals surface area contributed by atoms with Gasteiger partial charge in [0.25, 0.3) is 10.0 Å². The third-order valence-electron chi connectivity index (χ3n) is 7.19. The molecular weight excluding hydrogens is 616 g/mol. The molecule has 4 aromatic rings. The van der Waals surface area contributed by atoms with Gasteiger partial charge in [0.05, 0.1) is 29.9 Å². The lowest BCUT2D eigenvalue weighted by Gasteiger charge is -2.30. The minimum Gasteiger partial charge on any atom is -0.493 e. The zero-order valence-electron chi connectivity index (χ0n) is 23.8. The Kier molecular flexibility index (Phi) is 9.81. The van der Waals surface area contributed by atoms with Gasteiger partial charge in [0.2, 0.25) is 0 Å². The predicted octanol–water partition coefficient (Wildman–Crippen LogP) is 7.78. The molecule has 1 atom stereocenters. The maximum absolute atomic E-state index is 15.1. The van der Waals surface area contributed by atoms with Gasteiger partial charge < -0.3 is 19.1 Å². The summed E-state index contributed by atoms with van der Waals surface area (Å²) in [5.41, 5.74) is 0.570. The van der Waals surface area contributed by atoms with Crippen LogP contribution < -0.4 is 18.9 Å². The summed E-state index contributed by atoms with van der Waals surface area (Å²) in [6.07, 6.45) is 4.98. The smallest absolute Gasteiger partial charge is 0.263 e. The lowest BCUT2D eigenvalue weighted by molar-refractivity contribution is 0.169. The second-order valence-electron chi connectivity index (χ2n) is 10.5. The van der Waals surface area contributed by atoms with E-state index in [1.54, 1.807) is 31.5 Å². The number of ether oxygens (including phenoxy) is 3. The molecule has 0 spiro atoms.